The Morgan fingerprint density at radius 2 is 1.90 bits per heavy atom. The van der Waals surface area contributed by atoms with Crippen LogP contribution in [-0.2, 0) is 11.3 Å². The van der Waals surface area contributed by atoms with E-state index in [-0.39, 0.29) is 17.9 Å². The largest absolute Gasteiger partial charge is 0.351 e. The van der Waals surface area contributed by atoms with Gasteiger partial charge in [-0.3, -0.25) is 14.5 Å². The van der Waals surface area contributed by atoms with Crippen LogP contribution >= 0.6 is 11.3 Å². The maximum atomic E-state index is 13.9. The fraction of sp³-hybridized carbons (Fsp3) is 0.440. The summed E-state index contributed by atoms with van der Waals surface area (Å²) in [5.41, 5.74) is 2.62. The van der Waals surface area contributed by atoms with Gasteiger partial charge in [0.2, 0.25) is 5.91 Å². The zero-order valence-corrected chi connectivity index (χ0v) is 19.2. The highest BCUT2D eigenvalue weighted by Gasteiger charge is 2.49. The molecule has 162 valence electrons. The summed E-state index contributed by atoms with van der Waals surface area (Å²) < 4.78 is 2.04. The number of carbonyl (C=O) groups excluding carboxylic acids is 2. The number of benzene rings is 1. The van der Waals surface area contributed by atoms with E-state index in [0.29, 0.717) is 12.2 Å². The van der Waals surface area contributed by atoms with Gasteiger partial charge in [0.1, 0.15) is 16.1 Å². The van der Waals surface area contributed by atoms with Crippen LogP contribution in [0.2, 0.25) is 0 Å². The fourth-order valence-electron chi connectivity index (χ4n) is 5.22. The summed E-state index contributed by atoms with van der Waals surface area (Å²) in [7, 11) is 0. The molecule has 1 saturated carbocycles. The van der Waals surface area contributed by atoms with Crippen LogP contribution in [0.1, 0.15) is 60.6 Å². The molecule has 0 spiro atoms. The standard InChI is InChI=1S/C25H29N3O2S/c1-16-9-10-20(17(2)13-16)28-22(29)21-14-18-11-12-31-23(18)27(21)15-25(28,3)24(30)26-19-7-5-4-6-8-19/h9-14,19H,4-8,15H2,1-3H3,(H,26,30)/t25-/m0/s1. The molecule has 2 amide bonds. The summed E-state index contributed by atoms with van der Waals surface area (Å²) >= 11 is 1.62. The minimum Gasteiger partial charge on any atom is -0.351 e. The third kappa shape index (κ3) is 3.28. The zero-order chi connectivity index (χ0) is 21.8. The number of rotatable bonds is 3. The molecule has 2 aliphatic rings. The number of thiophene rings is 1. The number of hydrogen-bond acceptors (Lipinski definition) is 3. The first kappa shape index (κ1) is 20.3. The Balaban J connectivity index is 1.62. The Kier molecular flexibility index (Phi) is 4.93. The molecule has 1 atom stereocenters. The molecule has 0 radical (unpaired) electrons. The maximum Gasteiger partial charge on any atom is 0.275 e. The van der Waals surface area contributed by atoms with Gasteiger partial charge in [0, 0.05) is 17.1 Å². The van der Waals surface area contributed by atoms with Crippen molar-refractivity contribution in [3.05, 3.63) is 52.5 Å². The quantitative estimate of drug-likeness (QED) is 0.616. The molecule has 1 N–H and O–H groups in total. The molecule has 3 aromatic rings. The van der Waals surface area contributed by atoms with Crippen molar-refractivity contribution in [2.24, 2.45) is 0 Å². The van der Waals surface area contributed by atoms with Gasteiger partial charge in [-0.1, -0.05) is 37.0 Å². The molecule has 1 fully saturated rings. The highest BCUT2D eigenvalue weighted by atomic mass is 32.1. The van der Waals surface area contributed by atoms with Crippen molar-refractivity contribution < 1.29 is 9.59 Å². The molecule has 0 unspecified atom stereocenters. The second-order valence-corrected chi connectivity index (χ2v) is 10.2. The van der Waals surface area contributed by atoms with Crippen molar-refractivity contribution in [2.45, 2.75) is 71.0 Å². The van der Waals surface area contributed by atoms with E-state index in [1.807, 2.05) is 55.0 Å². The van der Waals surface area contributed by atoms with Crippen molar-refractivity contribution in [1.82, 2.24) is 9.88 Å². The molecule has 3 heterocycles. The number of aromatic nitrogens is 1. The number of nitrogens with one attached hydrogen (secondary N) is 1. The Morgan fingerprint density at radius 3 is 2.65 bits per heavy atom. The van der Waals surface area contributed by atoms with Crippen molar-refractivity contribution in [3.8, 4) is 0 Å². The summed E-state index contributed by atoms with van der Waals surface area (Å²) in [5, 5.41) is 6.40. The monoisotopic (exact) mass is 435 g/mol. The number of fused-ring (bicyclic) bond motifs is 3. The molecule has 1 aromatic carbocycles. The van der Waals surface area contributed by atoms with Gasteiger partial charge in [-0.25, -0.2) is 0 Å². The molecule has 1 aliphatic heterocycles. The van der Waals surface area contributed by atoms with E-state index in [9.17, 15) is 9.59 Å². The first-order valence-electron chi connectivity index (χ1n) is 11.2. The molecule has 2 aromatic heterocycles. The summed E-state index contributed by atoms with van der Waals surface area (Å²) in [6.07, 6.45) is 5.57. The lowest BCUT2D eigenvalue weighted by Gasteiger charge is -2.45. The second-order valence-electron chi connectivity index (χ2n) is 9.31. The van der Waals surface area contributed by atoms with E-state index in [0.717, 1.165) is 52.7 Å². The topological polar surface area (TPSA) is 54.3 Å². The zero-order valence-electron chi connectivity index (χ0n) is 18.4. The molecule has 0 bridgehead atoms. The minimum absolute atomic E-state index is 0.0585. The van der Waals surface area contributed by atoms with Gasteiger partial charge < -0.3 is 9.88 Å². The maximum absolute atomic E-state index is 13.9. The lowest BCUT2D eigenvalue weighted by molar-refractivity contribution is -0.127. The van der Waals surface area contributed by atoms with Crippen LogP contribution < -0.4 is 10.2 Å². The SMILES string of the molecule is Cc1ccc(N2C(=O)c3cc4ccsc4n3C[C@@]2(C)C(=O)NC2CCCCC2)c(C)c1. The molecular weight excluding hydrogens is 406 g/mol. The molecule has 1 aliphatic carbocycles. The van der Waals surface area contributed by atoms with Crippen molar-refractivity contribution in [2.75, 3.05) is 4.90 Å². The van der Waals surface area contributed by atoms with Gasteiger partial charge in [0.15, 0.2) is 0 Å². The van der Waals surface area contributed by atoms with E-state index < -0.39 is 5.54 Å². The van der Waals surface area contributed by atoms with Crippen molar-refractivity contribution >= 4 is 39.1 Å². The van der Waals surface area contributed by atoms with E-state index in [1.165, 1.54) is 6.42 Å². The van der Waals surface area contributed by atoms with Gasteiger partial charge in [0.25, 0.3) is 5.91 Å². The van der Waals surface area contributed by atoms with Crippen LogP contribution in [0, 0.1) is 13.8 Å². The van der Waals surface area contributed by atoms with Gasteiger partial charge in [0.05, 0.1) is 6.54 Å². The first-order chi connectivity index (χ1) is 14.9. The van der Waals surface area contributed by atoms with Crippen molar-refractivity contribution in [1.29, 1.82) is 0 Å². The lowest BCUT2D eigenvalue weighted by Crippen LogP contribution is -2.65. The fourth-order valence-corrected chi connectivity index (χ4v) is 6.12. The predicted molar refractivity (Wildman–Crippen MR) is 126 cm³/mol. The Morgan fingerprint density at radius 1 is 1.13 bits per heavy atom. The van der Waals surface area contributed by atoms with Gasteiger partial charge in [-0.15, -0.1) is 11.3 Å². The molecule has 5 nitrogen and oxygen atoms in total. The summed E-state index contributed by atoms with van der Waals surface area (Å²) in [5.74, 6) is -0.167. The summed E-state index contributed by atoms with van der Waals surface area (Å²) in [4.78, 5) is 30.5. The number of nitrogens with zero attached hydrogens (tertiary/aromatic N) is 2. The third-order valence-electron chi connectivity index (χ3n) is 6.91. The number of hydrogen-bond donors (Lipinski definition) is 1. The van der Waals surface area contributed by atoms with Crippen LogP contribution in [0.5, 0.6) is 0 Å². The number of amides is 2. The van der Waals surface area contributed by atoms with Crippen LogP contribution in [0.25, 0.3) is 10.2 Å². The van der Waals surface area contributed by atoms with Crippen molar-refractivity contribution in [3.63, 3.8) is 0 Å². The first-order valence-corrected chi connectivity index (χ1v) is 12.1. The Hall–Kier alpha value is -2.60. The van der Waals surface area contributed by atoms with E-state index in [4.69, 9.17) is 0 Å². The molecule has 5 rings (SSSR count). The lowest BCUT2D eigenvalue weighted by atomic mass is 9.90. The van der Waals surface area contributed by atoms with Gasteiger partial charge >= 0.3 is 0 Å². The normalized spacial score (nSPS) is 22.0. The van der Waals surface area contributed by atoms with E-state index in [1.54, 1.807) is 16.2 Å². The second kappa shape index (κ2) is 7.52. The Labute approximate surface area is 187 Å². The molecule has 6 heteroatoms. The smallest absolute Gasteiger partial charge is 0.275 e. The third-order valence-corrected chi connectivity index (χ3v) is 7.86. The van der Waals surface area contributed by atoms with E-state index in [2.05, 4.69) is 11.4 Å². The van der Waals surface area contributed by atoms with Crippen LogP contribution in [0.15, 0.2) is 35.7 Å². The number of aryl methyl sites for hydroxylation is 2. The highest BCUT2D eigenvalue weighted by Crippen LogP contribution is 2.38. The van der Waals surface area contributed by atoms with Gasteiger partial charge in [-0.2, -0.15) is 0 Å². The molecule has 31 heavy (non-hydrogen) atoms. The van der Waals surface area contributed by atoms with E-state index >= 15 is 0 Å². The summed E-state index contributed by atoms with van der Waals surface area (Å²) in [6.45, 7) is 6.43. The molecule has 0 saturated heterocycles. The summed E-state index contributed by atoms with van der Waals surface area (Å²) in [6, 6.07) is 10.3. The minimum atomic E-state index is -1.00. The average molecular weight is 436 g/mol. The predicted octanol–water partition coefficient (Wildman–Crippen LogP) is 5.19. The average Bonchev–Trinajstić information content (AvgIpc) is 3.33. The Bertz CT molecular complexity index is 1170. The van der Waals surface area contributed by atoms with Crippen LogP contribution in [0.4, 0.5) is 5.69 Å². The van der Waals surface area contributed by atoms with Gasteiger partial charge in [-0.05, 0) is 62.8 Å². The number of anilines is 1. The highest BCUT2D eigenvalue weighted by molar-refractivity contribution is 7.16. The van der Waals surface area contributed by atoms with Crippen LogP contribution in [-0.4, -0.2) is 28.0 Å². The molecular formula is C25H29N3O2S. The van der Waals surface area contributed by atoms with Crippen LogP contribution in [0.3, 0.4) is 0 Å². The number of carbonyl (C=O) groups is 2.